The predicted molar refractivity (Wildman–Crippen MR) is 76.1 cm³/mol. The van der Waals surface area contributed by atoms with E-state index in [1.807, 2.05) is 45.0 Å². The van der Waals surface area contributed by atoms with Crippen molar-refractivity contribution in [2.75, 3.05) is 0 Å². The van der Waals surface area contributed by atoms with Crippen LogP contribution in [-0.4, -0.2) is 22.3 Å². The molecular weight excluding hydrogens is 238 g/mol. The summed E-state index contributed by atoms with van der Waals surface area (Å²) in [5, 5.41) is 0. The van der Waals surface area contributed by atoms with E-state index < -0.39 is 5.54 Å². The van der Waals surface area contributed by atoms with Crippen molar-refractivity contribution in [2.24, 2.45) is 0 Å². The minimum atomic E-state index is -0.518. The Morgan fingerprint density at radius 3 is 2.32 bits per heavy atom. The van der Waals surface area contributed by atoms with Gasteiger partial charge in [0.1, 0.15) is 0 Å². The standard InChI is InChI=1S/C16H17NO2/c1-5-11-8-6-7-9-12(11)13-10-14(18)17(15(13)19)16(2,3)4/h5-10H,1H2,2-4H3. The van der Waals surface area contributed by atoms with Crippen molar-refractivity contribution in [3.63, 3.8) is 0 Å². The number of carbonyl (C=O) groups is 2. The van der Waals surface area contributed by atoms with Gasteiger partial charge in [0.15, 0.2) is 0 Å². The van der Waals surface area contributed by atoms with E-state index in [2.05, 4.69) is 6.58 Å². The Morgan fingerprint density at radius 1 is 1.16 bits per heavy atom. The molecule has 0 unspecified atom stereocenters. The Kier molecular flexibility index (Phi) is 3.14. The molecule has 1 aliphatic rings. The first-order chi connectivity index (χ1) is 8.86. The zero-order valence-corrected chi connectivity index (χ0v) is 11.4. The summed E-state index contributed by atoms with van der Waals surface area (Å²) in [6.07, 6.45) is 3.10. The quantitative estimate of drug-likeness (QED) is 0.762. The van der Waals surface area contributed by atoms with Crippen LogP contribution in [0.4, 0.5) is 0 Å². The molecule has 1 aromatic rings. The van der Waals surface area contributed by atoms with E-state index in [-0.39, 0.29) is 11.8 Å². The van der Waals surface area contributed by atoms with E-state index in [0.717, 1.165) is 11.1 Å². The number of hydrogen-bond donors (Lipinski definition) is 0. The lowest BCUT2D eigenvalue weighted by Crippen LogP contribution is -2.45. The molecule has 0 spiro atoms. The van der Waals surface area contributed by atoms with Crippen molar-refractivity contribution in [3.8, 4) is 0 Å². The van der Waals surface area contributed by atoms with Gasteiger partial charge in [0.25, 0.3) is 11.8 Å². The molecule has 3 nitrogen and oxygen atoms in total. The molecule has 0 radical (unpaired) electrons. The van der Waals surface area contributed by atoms with Gasteiger partial charge in [-0.25, -0.2) is 0 Å². The molecule has 0 N–H and O–H groups in total. The molecule has 0 atom stereocenters. The van der Waals surface area contributed by atoms with E-state index >= 15 is 0 Å². The van der Waals surface area contributed by atoms with E-state index in [0.29, 0.717) is 5.57 Å². The fourth-order valence-corrected chi connectivity index (χ4v) is 2.22. The average Bonchev–Trinajstić information content (AvgIpc) is 2.64. The van der Waals surface area contributed by atoms with Crippen LogP contribution in [0.15, 0.2) is 36.9 Å². The molecule has 1 heterocycles. The smallest absolute Gasteiger partial charge is 0.262 e. The van der Waals surface area contributed by atoms with Gasteiger partial charge in [0.2, 0.25) is 0 Å². The second-order valence-corrected chi connectivity index (χ2v) is 5.50. The highest BCUT2D eigenvalue weighted by Gasteiger charge is 2.39. The van der Waals surface area contributed by atoms with Crippen molar-refractivity contribution in [1.29, 1.82) is 0 Å². The van der Waals surface area contributed by atoms with E-state index in [9.17, 15) is 9.59 Å². The molecule has 98 valence electrons. The minimum Gasteiger partial charge on any atom is -0.269 e. The van der Waals surface area contributed by atoms with Gasteiger partial charge in [-0.05, 0) is 31.9 Å². The number of rotatable bonds is 2. The highest BCUT2D eigenvalue weighted by molar-refractivity contribution is 6.34. The topological polar surface area (TPSA) is 37.4 Å². The van der Waals surface area contributed by atoms with Gasteiger partial charge in [-0.3, -0.25) is 14.5 Å². The average molecular weight is 255 g/mol. The molecule has 0 saturated carbocycles. The molecule has 1 aromatic carbocycles. The summed E-state index contributed by atoms with van der Waals surface area (Å²) < 4.78 is 0. The van der Waals surface area contributed by atoms with Gasteiger partial charge in [0.05, 0.1) is 5.57 Å². The van der Waals surface area contributed by atoms with Crippen LogP contribution in [0.2, 0.25) is 0 Å². The predicted octanol–water partition coefficient (Wildman–Crippen LogP) is 2.88. The number of carbonyl (C=O) groups excluding carboxylic acids is 2. The Morgan fingerprint density at radius 2 is 1.79 bits per heavy atom. The van der Waals surface area contributed by atoms with E-state index in [1.165, 1.54) is 11.0 Å². The Hall–Kier alpha value is -2.16. The van der Waals surface area contributed by atoms with Crippen LogP contribution >= 0.6 is 0 Å². The van der Waals surface area contributed by atoms with Gasteiger partial charge in [-0.1, -0.05) is 36.9 Å². The van der Waals surface area contributed by atoms with Gasteiger partial charge in [-0.2, -0.15) is 0 Å². The molecule has 0 bridgehead atoms. The lowest BCUT2D eigenvalue weighted by molar-refractivity contribution is -0.141. The minimum absolute atomic E-state index is 0.244. The van der Waals surface area contributed by atoms with E-state index in [4.69, 9.17) is 0 Å². The summed E-state index contributed by atoms with van der Waals surface area (Å²) in [6, 6.07) is 7.44. The fourth-order valence-electron chi connectivity index (χ4n) is 2.22. The summed E-state index contributed by atoms with van der Waals surface area (Å²) in [5.74, 6) is -0.502. The Bertz CT molecular complexity index is 591. The van der Waals surface area contributed by atoms with Gasteiger partial charge >= 0.3 is 0 Å². The van der Waals surface area contributed by atoms with Crippen LogP contribution in [0.5, 0.6) is 0 Å². The lowest BCUT2D eigenvalue weighted by Gasteiger charge is -2.30. The van der Waals surface area contributed by atoms with Gasteiger partial charge in [-0.15, -0.1) is 0 Å². The molecule has 2 amide bonds. The van der Waals surface area contributed by atoms with Crippen LogP contribution in [0.3, 0.4) is 0 Å². The zero-order valence-electron chi connectivity index (χ0n) is 11.4. The van der Waals surface area contributed by atoms with Crippen LogP contribution in [0.25, 0.3) is 11.6 Å². The fraction of sp³-hybridized carbons (Fsp3) is 0.250. The second-order valence-electron chi connectivity index (χ2n) is 5.50. The number of nitrogens with zero attached hydrogens (tertiary/aromatic N) is 1. The summed E-state index contributed by atoms with van der Waals surface area (Å²) in [4.78, 5) is 25.7. The van der Waals surface area contributed by atoms with Crippen molar-refractivity contribution >= 4 is 23.5 Å². The highest BCUT2D eigenvalue weighted by atomic mass is 16.2. The maximum Gasteiger partial charge on any atom is 0.262 e. The molecule has 1 aliphatic heterocycles. The second kappa shape index (κ2) is 4.50. The van der Waals surface area contributed by atoms with Crippen molar-refractivity contribution in [3.05, 3.63) is 48.0 Å². The molecule has 0 aromatic heterocycles. The third-order valence-corrected chi connectivity index (χ3v) is 3.06. The van der Waals surface area contributed by atoms with Gasteiger partial charge < -0.3 is 0 Å². The van der Waals surface area contributed by atoms with E-state index in [1.54, 1.807) is 6.08 Å². The highest BCUT2D eigenvalue weighted by Crippen LogP contribution is 2.30. The number of amides is 2. The zero-order chi connectivity index (χ0) is 14.2. The Balaban J connectivity index is 2.49. The summed E-state index contributed by atoms with van der Waals surface area (Å²) in [6.45, 7) is 9.28. The summed E-state index contributed by atoms with van der Waals surface area (Å²) in [5.41, 5.74) is 1.53. The van der Waals surface area contributed by atoms with Gasteiger partial charge in [0, 0.05) is 11.6 Å². The normalized spacial score (nSPS) is 15.7. The first-order valence-electron chi connectivity index (χ1n) is 6.18. The Labute approximate surface area is 113 Å². The van der Waals surface area contributed by atoms with Crippen LogP contribution in [0.1, 0.15) is 31.9 Å². The third-order valence-electron chi connectivity index (χ3n) is 3.06. The molecule has 3 heteroatoms. The first kappa shape index (κ1) is 13.3. The third kappa shape index (κ3) is 2.24. The maximum atomic E-state index is 12.4. The van der Waals surface area contributed by atoms with Crippen molar-refractivity contribution in [2.45, 2.75) is 26.3 Å². The monoisotopic (exact) mass is 255 g/mol. The maximum absolute atomic E-state index is 12.4. The summed E-state index contributed by atoms with van der Waals surface area (Å²) >= 11 is 0. The lowest BCUT2D eigenvalue weighted by atomic mass is 9.99. The number of benzene rings is 1. The molecular formula is C16H17NO2. The van der Waals surface area contributed by atoms with Crippen LogP contribution in [-0.2, 0) is 9.59 Å². The van der Waals surface area contributed by atoms with Crippen molar-refractivity contribution < 1.29 is 9.59 Å². The van der Waals surface area contributed by atoms with Crippen LogP contribution in [0, 0.1) is 0 Å². The molecule has 2 rings (SSSR count). The number of hydrogen-bond acceptors (Lipinski definition) is 2. The molecule has 0 saturated heterocycles. The molecule has 0 aliphatic carbocycles. The first-order valence-corrected chi connectivity index (χ1v) is 6.18. The summed E-state index contributed by atoms with van der Waals surface area (Å²) in [7, 11) is 0. The van der Waals surface area contributed by atoms with Crippen LogP contribution < -0.4 is 0 Å². The largest absolute Gasteiger partial charge is 0.269 e. The van der Waals surface area contributed by atoms with Crippen molar-refractivity contribution in [1.82, 2.24) is 4.90 Å². The molecule has 0 fully saturated rings. The number of imide groups is 1. The molecule has 19 heavy (non-hydrogen) atoms. The SMILES string of the molecule is C=Cc1ccccc1C1=CC(=O)N(C(C)(C)C)C1=O.